The summed E-state index contributed by atoms with van der Waals surface area (Å²) in [7, 11) is 0. The average molecular weight is 275 g/mol. The summed E-state index contributed by atoms with van der Waals surface area (Å²) in [6.45, 7) is 7.68. The van der Waals surface area contributed by atoms with Gasteiger partial charge in [-0.1, -0.05) is 6.07 Å². The summed E-state index contributed by atoms with van der Waals surface area (Å²) in [5.41, 5.74) is 2.09. The van der Waals surface area contributed by atoms with Crippen LogP contribution in [0, 0.1) is 0 Å². The number of carbonyl (C=O) groups is 1. The molecule has 1 heterocycles. The summed E-state index contributed by atoms with van der Waals surface area (Å²) in [4.78, 5) is 16.2. The Hall–Kier alpha value is -1.71. The molecule has 0 aromatic heterocycles. The van der Waals surface area contributed by atoms with Gasteiger partial charge in [0.05, 0.1) is 0 Å². The Morgan fingerprint density at radius 1 is 1.20 bits per heavy atom. The Balaban J connectivity index is 2.03. The van der Waals surface area contributed by atoms with Crippen molar-refractivity contribution in [3.63, 3.8) is 0 Å². The van der Waals surface area contributed by atoms with Gasteiger partial charge in [0.2, 0.25) is 0 Å². The Labute approximate surface area is 121 Å². The first kappa shape index (κ1) is 14.7. The van der Waals surface area contributed by atoms with E-state index < -0.39 is 0 Å². The number of nitrogens with one attached hydrogen (secondary N) is 1. The lowest BCUT2D eigenvalue weighted by molar-refractivity contribution is 0.217. The van der Waals surface area contributed by atoms with Crippen LogP contribution in [0.15, 0.2) is 24.3 Å². The highest BCUT2D eigenvalue weighted by Crippen LogP contribution is 2.23. The average Bonchev–Trinajstić information content (AvgIpc) is 2.49. The first-order valence-electron chi connectivity index (χ1n) is 7.65. The summed E-state index contributed by atoms with van der Waals surface area (Å²) in [6, 6.07) is 8.15. The zero-order valence-electron chi connectivity index (χ0n) is 12.6. The highest BCUT2D eigenvalue weighted by molar-refractivity contribution is 5.89. The minimum Gasteiger partial charge on any atom is -0.371 e. The third-order valence-corrected chi connectivity index (χ3v) is 3.87. The SMILES string of the molecule is CCN(CC)C(=O)Nc1cccc(N2CCCCC2)c1. The van der Waals surface area contributed by atoms with Gasteiger partial charge >= 0.3 is 6.03 Å². The van der Waals surface area contributed by atoms with E-state index in [1.165, 1.54) is 24.9 Å². The number of benzene rings is 1. The third-order valence-electron chi connectivity index (χ3n) is 3.87. The molecule has 4 heteroatoms. The smallest absolute Gasteiger partial charge is 0.321 e. The number of piperidine rings is 1. The highest BCUT2D eigenvalue weighted by Gasteiger charge is 2.13. The lowest BCUT2D eigenvalue weighted by Gasteiger charge is -2.29. The molecule has 1 aromatic carbocycles. The van der Waals surface area contributed by atoms with Gasteiger partial charge in [0.1, 0.15) is 0 Å². The molecule has 1 aliphatic heterocycles. The van der Waals surface area contributed by atoms with E-state index in [0.717, 1.165) is 31.9 Å². The fourth-order valence-corrected chi connectivity index (χ4v) is 2.65. The van der Waals surface area contributed by atoms with Gasteiger partial charge in [-0.05, 0) is 51.3 Å². The summed E-state index contributed by atoms with van der Waals surface area (Å²) < 4.78 is 0. The molecule has 0 radical (unpaired) electrons. The molecule has 1 saturated heterocycles. The number of hydrogen-bond donors (Lipinski definition) is 1. The number of anilines is 2. The molecular weight excluding hydrogens is 250 g/mol. The molecule has 0 aliphatic carbocycles. The number of hydrogen-bond acceptors (Lipinski definition) is 2. The predicted octanol–water partition coefficient (Wildman–Crippen LogP) is 3.55. The molecule has 2 amide bonds. The molecule has 1 aromatic rings. The summed E-state index contributed by atoms with van der Waals surface area (Å²) in [5, 5.41) is 2.98. The van der Waals surface area contributed by atoms with Crippen LogP contribution in [0.5, 0.6) is 0 Å². The Morgan fingerprint density at radius 3 is 2.55 bits per heavy atom. The molecule has 0 atom stereocenters. The lowest BCUT2D eigenvalue weighted by Crippen LogP contribution is -2.34. The quantitative estimate of drug-likeness (QED) is 0.912. The van der Waals surface area contributed by atoms with Crippen LogP contribution in [-0.4, -0.2) is 37.1 Å². The Bertz CT molecular complexity index is 437. The van der Waals surface area contributed by atoms with E-state index in [4.69, 9.17) is 0 Å². The maximum absolute atomic E-state index is 12.1. The monoisotopic (exact) mass is 275 g/mol. The van der Waals surface area contributed by atoms with Crippen molar-refractivity contribution in [2.75, 3.05) is 36.4 Å². The van der Waals surface area contributed by atoms with Crippen LogP contribution in [0.25, 0.3) is 0 Å². The van der Waals surface area contributed by atoms with Crippen LogP contribution in [-0.2, 0) is 0 Å². The van der Waals surface area contributed by atoms with Crippen molar-refractivity contribution in [1.29, 1.82) is 0 Å². The van der Waals surface area contributed by atoms with Gasteiger partial charge in [-0.15, -0.1) is 0 Å². The van der Waals surface area contributed by atoms with Crippen LogP contribution in [0.1, 0.15) is 33.1 Å². The van der Waals surface area contributed by atoms with Crippen molar-refractivity contribution >= 4 is 17.4 Å². The van der Waals surface area contributed by atoms with Crippen molar-refractivity contribution < 1.29 is 4.79 Å². The second kappa shape index (κ2) is 7.17. The minimum absolute atomic E-state index is 0.0224. The van der Waals surface area contributed by atoms with Crippen molar-refractivity contribution in [2.45, 2.75) is 33.1 Å². The number of amides is 2. The van der Waals surface area contributed by atoms with Gasteiger partial charge in [0.25, 0.3) is 0 Å². The van der Waals surface area contributed by atoms with Crippen molar-refractivity contribution in [3.8, 4) is 0 Å². The molecular formula is C16H25N3O. The summed E-state index contributed by atoms with van der Waals surface area (Å²) in [5.74, 6) is 0. The number of nitrogens with zero attached hydrogens (tertiary/aromatic N) is 2. The van der Waals surface area contributed by atoms with Crippen molar-refractivity contribution in [2.24, 2.45) is 0 Å². The molecule has 0 bridgehead atoms. The van der Waals surface area contributed by atoms with E-state index >= 15 is 0 Å². The van der Waals surface area contributed by atoms with Crippen LogP contribution in [0.2, 0.25) is 0 Å². The molecule has 4 nitrogen and oxygen atoms in total. The largest absolute Gasteiger partial charge is 0.371 e. The lowest BCUT2D eigenvalue weighted by atomic mass is 10.1. The van der Waals surface area contributed by atoms with Crippen LogP contribution >= 0.6 is 0 Å². The van der Waals surface area contributed by atoms with E-state index in [2.05, 4.69) is 22.3 Å². The summed E-state index contributed by atoms with van der Waals surface area (Å²) >= 11 is 0. The second-order valence-corrected chi connectivity index (χ2v) is 5.20. The maximum atomic E-state index is 12.1. The van der Waals surface area contributed by atoms with Crippen molar-refractivity contribution in [1.82, 2.24) is 4.90 Å². The Kier molecular flexibility index (Phi) is 5.27. The fourth-order valence-electron chi connectivity index (χ4n) is 2.65. The molecule has 0 spiro atoms. The van der Waals surface area contributed by atoms with Crippen LogP contribution in [0.3, 0.4) is 0 Å². The third kappa shape index (κ3) is 3.65. The second-order valence-electron chi connectivity index (χ2n) is 5.20. The van der Waals surface area contributed by atoms with Gasteiger partial charge in [0, 0.05) is 37.6 Å². The van der Waals surface area contributed by atoms with Gasteiger partial charge in [-0.2, -0.15) is 0 Å². The fraction of sp³-hybridized carbons (Fsp3) is 0.562. The predicted molar refractivity (Wildman–Crippen MR) is 84.4 cm³/mol. The zero-order chi connectivity index (χ0) is 14.4. The standard InChI is InChI=1S/C16H25N3O/c1-3-18(4-2)16(20)17-14-9-8-10-15(13-14)19-11-6-5-7-12-19/h8-10,13H,3-7,11-12H2,1-2H3,(H,17,20). The number of urea groups is 1. The van der Waals surface area contributed by atoms with Crippen LogP contribution < -0.4 is 10.2 Å². The van der Waals surface area contributed by atoms with E-state index in [0.29, 0.717) is 0 Å². The normalized spacial score (nSPS) is 15.0. The van der Waals surface area contributed by atoms with Gasteiger partial charge in [0.15, 0.2) is 0 Å². The topological polar surface area (TPSA) is 35.6 Å². The Morgan fingerprint density at radius 2 is 1.90 bits per heavy atom. The van der Waals surface area contributed by atoms with E-state index in [1.54, 1.807) is 4.90 Å². The van der Waals surface area contributed by atoms with Crippen LogP contribution in [0.4, 0.5) is 16.2 Å². The van der Waals surface area contributed by atoms with E-state index in [-0.39, 0.29) is 6.03 Å². The molecule has 1 fully saturated rings. The molecule has 1 N–H and O–H groups in total. The molecule has 1 aliphatic rings. The number of rotatable bonds is 4. The van der Waals surface area contributed by atoms with Gasteiger partial charge < -0.3 is 15.1 Å². The molecule has 110 valence electrons. The minimum atomic E-state index is -0.0224. The summed E-state index contributed by atoms with van der Waals surface area (Å²) in [6.07, 6.45) is 3.85. The molecule has 0 unspecified atom stereocenters. The first-order valence-corrected chi connectivity index (χ1v) is 7.65. The van der Waals surface area contributed by atoms with E-state index in [1.807, 2.05) is 26.0 Å². The molecule has 20 heavy (non-hydrogen) atoms. The zero-order valence-corrected chi connectivity index (χ0v) is 12.6. The van der Waals surface area contributed by atoms with Gasteiger partial charge in [-0.3, -0.25) is 0 Å². The van der Waals surface area contributed by atoms with Gasteiger partial charge in [-0.25, -0.2) is 4.79 Å². The van der Waals surface area contributed by atoms with Crippen molar-refractivity contribution in [3.05, 3.63) is 24.3 Å². The van der Waals surface area contributed by atoms with E-state index in [9.17, 15) is 4.79 Å². The highest BCUT2D eigenvalue weighted by atomic mass is 16.2. The maximum Gasteiger partial charge on any atom is 0.321 e. The molecule has 0 saturated carbocycles. The molecule has 2 rings (SSSR count). The number of carbonyl (C=O) groups excluding carboxylic acids is 1. The first-order chi connectivity index (χ1) is 9.74.